The maximum absolute atomic E-state index is 13.2. The third kappa shape index (κ3) is 3.74. The number of hydrogen-bond acceptors (Lipinski definition) is 6. The Morgan fingerprint density at radius 1 is 1.41 bits per heavy atom. The lowest BCUT2D eigenvalue weighted by Gasteiger charge is -2.19. The normalized spacial score (nSPS) is 18.1. The lowest BCUT2D eigenvalue weighted by molar-refractivity contribution is 0.0785. The molecule has 1 aromatic heterocycles. The van der Waals surface area contributed by atoms with Gasteiger partial charge in [-0.2, -0.15) is 10.2 Å². The first kappa shape index (κ1) is 17.4. The van der Waals surface area contributed by atoms with Gasteiger partial charge >= 0.3 is 0 Å². The molecular formula is C19H19FN4O3. The third-order valence-corrected chi connectivity index (χ3v) is 4.67. The number of likely N-dealkylation sites (N-methyl/N-ethyl adjacent to an activating group) is 1. The number of carbonyl (C=O) groups is 1. The number of nitrogens with zero attached hydrogens (tertiary/aromatic N) is 4. The van der Waals surface area contributed by atoms with Crippen LogP contribution in [0.2, 0.25) is 0 Å². The van der Waals surface area contributed by atoms with Crippen molar-refractivity contribution in [3.8, 4) is 5.75 Å². The monoisotopic (exact) mass is 370 g/mol. The van der Waals surface area contributed by atoms with Crippen LogP contribution in [-0.2, 0) is 6.61 Å². The average molecular weight is 370 g/mol. The van der Waals surface area contributed by atoms with Crippen molar-refractivity contribution in [1.29, 1.82) is 0 Å². The molecule has 1 aromatic carbocycles. The summed E-state index contributed by atoms with van der Waals surface area (Å²) in [5, 5.41) is 8.49. The Balaban J connectivity index is 1.34. The van der Waals surface area contributed by atoms with E-state index in [1.807, 2.05) is 0 Å². The minimum atomic E-state index is -0.387. The van der Waals surface area contributed by atoms with Gasteiger partial charge in [0.2, 0.25) is 5.89 Å². The number of allylic oxidation sites excluding steroid dienone is 1. The largest absolute Gasteiger partial charge is 0.484 e. The molecule has 0 bridgehead atoms. The molecule has 2 aliphatic rings. The van der Waals surface area contributed by atoms with E-state index in [-0.39, 0.29) is 36.0 Å². The molecule has 1 aliphatic heterocycles. The summed E-state index contributed by atoms with van der Waals surface area (Å²) < 4.78 is 23.9. The number of carbonyl (C=O) groups excluding carboxylic acids is 1. The Kier molecular flexibility index (Phi) is 4.70. The van der Waals surface area contributed by atoms with Gasteiger partial charge in [-0.3, -0.25) is 4.79 Å². The lowest BCUT2D eigenvalue weighted by Crippen LogP contribution is -2.34. The SMILES string of the molecule is CN(CC1N=NC2=C1CCC2)C(=O)c1coc(COc2cccc(F)c2)n1. The molecule has 0 N–H and O–H groups in total. The first-order chi connectivity index (χ1) is 13.1. The van der Waals surface area contributed by atoms with Crippen molar-refractivity contribution in [2.45, 2.75) is 31.9 Å². The molecule has 1 unspecified atom stereocenters. The van der Waals surface area contributed by atoms with Gasteiger partial charge in [-0.15, -0.1) is 0 Å². The highest BCUT2D eigenvalue weighted by Gasteiger charge is 2.30. The topological polar surface area (TPSA) is 80.3 Å². The maximum atomic E-state index is 13.2. The zero-order chi connectivity index (χ0) is 18.8. The third-order valence-electron chi connectivity index (χ3n) is 4.67. The van der Waals surface area contributed by atoms with Crippen LogP contribution in [-0.4, -0.2) is 35.4 Å². The van der Waals surface area contributed by atoms with E-state index in [9.17, 15) is 9.18 Å². The molecule has 0 saturated carbocycles. The van der Waals surface area contributed by atoms with Gasteiger partial charge in [0.1, 0.15) is 23.9 Å². The van der Waals surface area contributed by atoms with Gasteiger partial charge in [0.05, 0.1) is 5.70 Å². The summed E-state index contributed by atoms with van der Waals surface area (Å²) in [6.07, 6.45) is 4.39. The van der Waals surface area contributed by atoms with Gasteiger partial charge in [0.15, 0.2) is 12.3 Å². The summed E-state index contributed by atoms with van der Waals surface area (Å²) in [5.41, 5.74) is 2.53. The highest BCUT2D eigenvalue weighted by atomic mass is 19.1. The van der Waals surface area contributed by atoms with E-state index in [1.165, 1.54) is 24.0 Å². The van der Waals surface area contributed by atoms with E-state index in [4.69, 9.17) is 9.15 Å². The molecule has 0 radical (unpaired) electrons. The molecular weight excluding hydrogens is 351 g/mol. The van der Waals surface area contributed by atoms with Crippen LogP contribution in [0.4, 0.5) is 4.39 Å². The van der Waals surface area contributed by atoms with Crippen LogP contribution in [0, 0.1) is 5.82 Å². The van der Waals surface area contributed by atoms with E-state index < -0.39 is 0 Å². The smallest absolute Gasteiger partial charge is 0.275 e. The Labute approximate surface area is 155 Å². The number of aromatic nitrogens is 1. The average Bonchev–Trinajstić information content (AvgIpc) is 3.38. The first-order valence-corrected chi connectivity index (χ1v) is 8.81. The molecule has 7 nitrogen and oxygen atoms in total. The molecule has 1 amide bonds. The van der Waals surface area contributed by atoms with Crippen LogP contribution in [0.3, 0.4) is 0 Å². The summed E-state index contributed by atoms with van der Waals surface area (Å²) in [5.74, 6) is -0.0252. The Morgan fingerprint density at radius 2 is 2.30 bits per heavy atom. The standard InChI is InChI=1S/C19H19FN4O3/c1-24(9-16-14-6-3-7-15(14)22-23-16)19(25)17-10-27-18(21-17)11-26-13-5-2-4-12(20)8-13/h2,4-5,8,10,16H,3,6-7,9,11H2,1H3. The second-order valence-corrected chi connectivity index (χ2v) is 6.61. The van der Waals surface area contributed by atoms with Gasteiger partial charge in [0.25, 0.3) is 5.91 Å². The summed E-state index contributed by atoms with van der Waals surface area (Å²) in [7, 11) is 1.71. The molecule has 2 heterocycles. The highest BCUT2D eigenvalue weighted by molar-refractivity contribution is 5.91. The lowest BCUT2D eigenvalue weighted by atomic mass is 10.1. The zero-order valence-corrected chi connectivity index (χ0v) is 14.9. The summed E-state index contributed by atoms with van der Waals surface area (Å²) in [6, 6.07) is 5.73. The van der Waals surface area contributed by atoms with Gasteiger partial charge in [0, 0.05) is 19.7 Å². The second kappa shape index (κ2) is 7.30. The molecule has 0 spiro atoms. The van der Waals surface area contributed by atoms with Gasteiger partial charge < -0.3 is 14.1 Å². The molecule has 0 fully saturated rings. The highest BCUT2D eigenvalue weighted by Crippen LogP contribution is 2.35. The minimum absolute atomic E-state index is 0.00747. The van der Waals surface area contributed by atoms with E-state index >= 15 is 0 Å². The maximum Gasteiger partial charge on any atom is 0.275 e. The van der Waals surface area contributed by atoms with Crippen molar-refractivity contribution in [3.63, 3.8) is 0 Å². The van der Waals surface area contributed by atoms with Crippen molar-refractivity contribution in [3.05, 3.63) is 59.2 Å². The van der Waals surface area contributed by atoms with Crippen LogP contribution in [0.25, 0.3) is 0 Å². The molecule has 1 atom stereocenters. The molecule has 2 aromatic rings. The van der Waals surface area contributed by atoms with Crippen LogP contribution in [0.5, 0.6) is 5.75 Å². The fraction of sp³-hybridized carbons (Fsp3) is 0.368. The van der Waals surface area contributed by atoms with Crippen molar-refractivity contribution >= 4 is 5.91 Å². The second-order valence-electron chi connectivity index (χ2n) is 6.61. The van der Waals surface area contributed by atoms with Crippen molar-refractivity contribution in [2.75, 3.05) is 13.6 Å². The number of hydrogen-bond donors (Lipinski definition) is 0. The molecule has 4 rings (SSSR count). The molecule has 0 saturated heterocycles. The van der Waals surface area contributed by atoms with E-state index in [0.717, 1.165) is 25.0 Å². The number of benzene rings is 1. The Hall–Kier alpha value is -3.03. The van der Waals surface area contributed by atoms with E-state index in [1.54, 1.807) is 24.1 Å². The number of halogens is 1. The minimum Gasteiger partial charge on any atom is -0.484 e. The van der Waals surface area contributed by atoms with Gasteiger partial charge in [-0.25, -0.2) is 9.37 Å². The van der Waals surface area contributed by atoms with Crippen molar-refractivity contribution in [2.24, 2.45) is 10.2 Å². The summed E-state index contributed by atoms with van der Waals surface area (Å²) in [6.45, 7) is 0.469. The summed E-state index contributed by atoms with van der Waals surface area (Å²) in [4.78, 5) is 18.3. The number of oxazole rings is 1. The number of azo groups is 1. The Morgan fingerprint density at radius 3 is 3.15 bits per heavy atom. The summed E-state index contributed by atoms with van der Waals surface area (Å²) >= 11 is 0. The van der Waals surface area contributed by atoms with Crippen LogP contribution in [0.15, 0.2) is 56.4 Å². The van der Waals surface area contributed by atoms with Crippen LogP contribution < -0.4 is 4.74 Å². The predicted octanol–water partition coefficient (Wildman–Crippen LogP) is 3.74. The quantitative estimate of drug-likeness (QED) is 0.776. The number of amides is 1. The van der Waals surface area contributed by atoms with Crippen molar-refractivity contribution in [1.82, 2.24) is 9.88 Å². The van der Waals surface area contributed by atoms with Crippen molar-refractivity contribution < 1.29 is 18.3 Å². The molecule has 140 valence electrons. The van der Waals surface area contributed by atoms with E-state index in [2.05, 4.69) is 15.2 Å². The van der Waals surface area contributed by atoms with Crippen LogP contribution in [0.1, 0.15) is 35.6 Å². The Bertz CT molecular complexity index is 921. The van der Waals surface area contributed by atoms with Gasteiger partial charge in [-0.1, -0.05) is 6.07 Å². The predicted molar refractivity (Wildman–Crippen MR) is 93.7 cm³/mol. The fourth-order valence-corrected chi connectivity index (χ4v) is 3.30. The zero-order valence-electron chi connectivity index (χ0n) is 14.9. The molecule has 8 heteroatoms. The first-order valence-electron chi connectivity index (χ1n) is 8.81. The van der Waals surface area contributed by atoms with Crippen LogP contribution >= 0.6 is 0 Å². The van der Waals surface area contributed by atoms with E-state index in [0.29, 0.717) is 12.3 Å². The fourth-order valence-electron chi connectivity index (χ4n) is 3.30. The number of ether oxygens (including phenoxy) is 1. The molecule has 27 heavy (non-hydrogen) atoms. The van der Waals surface area contributed by atoms with Gasteiger partial charge in [-0.05, 0) is 37.0 Å². The number of rotatable bonds is 6. The molecule has 1 aliphatic carbocycles.